The van der Waals surface area contributed by atoms with Gasteiger partial charge in [0, 0.05) is 6.42 Å². The monoisotopic (exact) mass is 271 g/mol. The Balaban J connectivity index is 3.60. The molecule has 0 aromatic rings. The van der Waals surface area contributed by atoms with Gasteiger partial charge in [-0.05, 0) is 12.8 Å². The van der Waals surface area contributed by atoms with Gasteiger partial charge in [-0.15, -0.1) is 0 Å². The molecule has 19 heavy (non-hydrogen) atoms. The minimum Gasteiger partial charge on any atom is -0.480 e. The maximum Gasteiger partial charge on any atom is 0.326 e. The molecule has 0 aromatic carbocycles. The second kappa shape index (κ2) is 12.0. The third-order valence-corrected chi connectivity index (χ3v) is 3.22. The van der Waals surface area contributed by atoms with Crippen LogP contribution < -0.4 is 5.32 Å². The maximum absolute atomic E-state index is 11.6. The average Bonchev–Trinajstić information content (AvgIpc) is 2.37. The number of carbonyl (C=O) groups is 2. The fourth-order valence-corrected chi connectivity index (χ4v) is 2.06. The van der Waals surface area contributed by atoms with Crippen LogP contribution in [0.4, 0.5) is 0 Å². The van der Waals surface area contributed by atoms with Crippen LogP contribution >= 0.6 is 0 Å². The number of hydrogen-bond donors (Lipinski definition) is 2. The number of hydrogen-bond acceptors (Lipinski definition) is 2. The first kappa shape index (κ1) is 17.9. The van der Waals surface area contributed by atoms with Crippen LogP contribution in [-0.2, 0) is 9.59 Å². The van der Waals surface area contributed by atoms with Crippen molar-refractivity contribution >= 4 is 11.9 Å². The molecule has 4 nitrogen and oxygen atoms in total. The van der Waals surface area contributed by atoms with Crippen molar-refractivity contribution in [1.29, 1.82) is 0 Å². The quantitative estimate of drug-likeness (QED) is 0.534. The van der Waals surface area contributed by atoms with Gasteiger partial charge in [0.05, 0.1) is 0 Å². The van der Waals surface area contributed by atoms with Crippen LogP contribution in [-0.4, -0.2) is 23.0 Å². The van der Waals surface area contributed by atoms with E-state index in [1.807, 2.05) is 6.92 Å². The summed E-state index contributed by atoms with van der Waals surface area (Å²) in [4.78, 5) is 22.5. The Morgan fingerprint density at radius 2 is 1.53 bits per heavy atom. The van der Waals surface area contributed by atoms with Crippen LogP contribution in [0.25, 0.3) is 0 Å². The van der Waals surface area contributed by atoms with Gasteiger partial charge in [-0.2, -0.15) is 0 Å². The summed E-state index contributed by atoms with van der Waals surface area (Å²) in [6, 6.07) is -0.720. The van der Waals surface area contributed by atoms with Crippen molar-refractivity contribution in [2.75, 3.05) is 0 Å². The first-order valence-electron chi connectivity index (χ1n) is 7.64. The van der Waals surface area contributed by atoms with E-state index in [1.54, 1.807) is 0 Å². The molecule has 0 aromatic heterocycles. The Labute approximate surface area is 117 Å². The molecule has 0 aliphatic heterocycles. The molecule has 0 heterocycles. The number of carboxylic acid groups (broad SMARTS) is 1. The lowest BCUT2D eigenvalue weighted by atomic mass is 10.1. The zero-order valence-corrected chi connectivity index (χ0v) is 12.4. The highest BCUT2D eigenvalue weighted by molar-refractivity contribution is 5.83. The molecule has 0 radical (unpaired) electrons. The number of unbranched alkanes of at least 4 members (excludes halogenated alkanes) is 6. The van der Waals surface area contributed by atoms with Gasteiger partial charge in [-0.25, -0.2) is 4.79 Å². The summed E-state index contributed by atoms with van der Waals surface area (Å²) in [7, 11) is 0. The zero-order chi connectivity index (χ0) is 14.5. The minimum absolute atomic E-state index is 0.130. The number of carbonyl (C=O) groups excluding carboxylic acids is 1. The lowest BCUT2D eigenvalue weighted by Crippen LogP contribution is -2.40. The fourth-order valence-electron chi connectivity index (χ4n) is 2.06. The van der Waals surface area contributed by atoms with Gasteiger partial charge in [0.2, 0.25) is 5.91 Å². The predicted molar refractivity (Wildman–Crippen MR) is 77.1 cm³/mol. The molecule has 2 N–H and O–H groups in total. The molecular weight excluding hydrogens is 242 g/mol. The average molecular weight is 271 g/mol. The highest BCUT2D eigenvalue weighted by Gasteiger charge is 2.18. The molecule has 0 aliphatic carbocycles. The van der Waals surface area contributed by atoms with E-state index < -0.39 is 12.0 Å². The Bertz CT molecular complexity index is 254. The molecule has 0 aliphatic rings. The molecule has 1 amide bonds. The van der Waals surface area contributed by atoms with Crippen molar-refractivity contribution in [3.8, 4) is 0 Å². The van der Waals surface area contributed by atoms with Crippen molar-refractivity contribution in [1.82, 2.24) is 5.32 Å². The molecule has 0 fully saturated rings. The Hall–Kier alpha value is -1.06. The Morgan fingerprint density at radius 1 is 0.947 bits per heavy atom. The first-order valence-corrected chi connectivity index (χ1v) is 7.64. The third-order valence-electron chi connectivity index (χ3n) is 3.22. The second-order valence-corrected chi connectivity index (χ2v) is 5.12. The smallest absolute Gasteiger partial charge is 0.326 e. The molecule has 0 rings (SSSR count). The molecule has 0 bridgehead atoms. The van der Waals surface area contributed by atoms with Gasteiger partial charge in [-0.1, -0.05) is 58.8 Å². The van der Waals surface area contributed by atoms with E-state index in [0.717, 1.165) is 19.3 Å². The summed E-state index contributed by atoms with van der Waals surface area (Å²) < 4.78 is 0. The fraction of sp³-hybridized carbons (Fsp3) is 0.867. The van der Waals surface area contributed by atoms with Gasteiger partial charge in [-0.3, -0.25) is 4.79 Å². The molecule has 0 spiro atoms. The summed E-state index contributed by atoms with van der Waals surface area (Å²) in [5, 5.41) is 11.5. The summed E-state index contributed by atoms with van der Waals surface area (Å²) in [6.45, 7) is 4.11. The number of amides is 1. The van der Waals surface area contributed by atoms with Crippen molar-refractivity contribution in [3.05, 3.63) is 0 Å². The van der Waals surface area contributed by atoms with Crippen LogP contribution in [0.1, 0.15) is 78.1 Å². The van der Waals surface area contributed by atoms with E-state index in [0.29, 0.717) is 12.8 Å². The van der Waals surface area contributed by atoms with Gasteiger partial charge in [0.1, 0.15) is 6.04 Å². The number of rotatable bonds is 12. The van der Waals surface area contributed by atoms with E-state index >= 15 is 0 Å². The Kier molecular flexibility index (Phi) is 11.3. The predicted octanol–water partition coefficient (Wildman–Crippen LogP) is 3.50. The lowest BCUT2D eigenvalue weighted by Gasteiger charge is -2.13. The van der Waals surface area contributed by atoms with Crippen molar-refractivity contribution in [3.63, 3.8) is 0 Å². The van der Waals surface area contributed by atoms with Gasteiger partial charge in [0.25, 0.3) is 0 Å². The van der Waals surface area contributed by atoms with Crippen LogP contribution in [0.2, 0.25) is 0 Å². The van der Waals surface area contributed by atoms with Crippen LogP contribution in [0.3, 0.4) is 0 Å². The third kappa shape index (κ3) is 10.5. The SMILES string of the molecule is CCCCCCCCCC(=O)N[C@H](CCC)C(=O)O. The molecule has 1 atom stereocenters. The topological polar surface area (TPSA) is 66.4 Å². The molecular formula is C15H29NO3. The summed E-state index contributed by atoms with van der Waals surface area (Å²) in [5.74, 6) is -1.07. The van der Waals surface area contributed by atoms with Crippen LogP contribution in [0.15, 0.2) is 0 Å². The maximum atomic E-state index is 11.6. The Morgan fingerprint density at radius 3 is 2.05 bits per heavy atom. The largest absolute Gasteiger partial charge is 0.480 e. The van der Waals surface area contributed by atoms with E-state index in [2.05, 4.69) is 12.2 Å². The lowest BCUT2D eigenvalue weighted by molar-refractivity contribution is -0.142. The molecule has 112 valence electrons. The number of aliphatic carboxylic acids is 1. The first-order chi connectivity index (χ1) is 9.11. The molecule has 0 saturated carbocycles. The van der Waals surface area contributed by atoms with E-state index in [-0.39, 0.29) is 5.91 Å². The zero-order valence-electron chi connectivity index (χ0n) is 12.4. The summed E-state index contributed by atoms with van der Waals surface area (Å²) in [6.07, 6.45) is 9.84. The second-order valence-electron chi connectivity index (χ2n) is 5.12. The van der Waals surface area contributed by atoms with Gasteiger partial charge in [0.15, 0.2) is 0 Å². The normalized spacial score (nSPS) is 12.1. The van der Waals surface area contributed by atoms with E-state index in [9.17, 15) is 9.59 Å². The van der Waals surface area contributed by atoms with Crippen molar-refractivity contribution in [2.45, 2.75) is 84.1 Å². The number of carboxylic acids is 1. The van der Waals surface area contributed by atoms with Gasteiger partial charge >= 0.3 is 5.97 Å². The van der Waals surface area contributed by atoms with Crippen molar-refractivity contribution in [2.24, 2.45) is 0 Å². The molecule has 0 saturated heterocycles. The molecule has 4 heteroatoms. The van der Waals surface area contributed by atoms with E-state index in [1.165, 1.54) is 32.1 Å². The molecule has 0 unspecified atom stereocenters. The van der Waals surface area contributed by atoms with E-state index in [4.69, 9.17) is 5.11 Å². The number of nitrogens with one attached hydrogen (secondary N) is 1. The summed E-state index contributed by atoms with van der Waals surface area (Å²) in [5.41, 5.74) is 0. The highest BCUT2D eigenvalue weighted by Crippen LogP contribution is 2.08. The minimum atomic E-state index is -0.935. The van der Waals surface area contributed by atoms with Gasteiger partial charge < -0.3 is 10.4 Å². The van der Waals surface area contributed by atoms with Crippen LogP contribution in [0.5, 0.6) is 0 Å². The van der Waals surface area contributed by atoms with Crippen molar-refractivity contribution < 1.29 is 14.7 Å². The standard InChI is InChI=1S/C15H29NO3/c1-3-5-6-7-8-9-10-12-14(17)16-13(11-4-2)15(18)19/h13H,3-12H2,1-2H3,(H,16,17)(H,18,19)/t13-/m1/s1. The highest BCUT2D eigenvalue weighted by atomic mass is 16.4. The summed E-state index contributed by atoms with van der Waals surface area (Å²) >= 11 is 0. The van der Waals surface area contributed by atoms with Crippen LogP contribution in [0, 0.1) is 0 Å².